The summed E-state index contributed by atoms with van der Waals surface area (Å²) in [6.45, 7) is 5.88. The van der Waals surface area contributed by atoms with Crippen LogP contribution in [-0.4, -0.2) is 4.98 Å². The van der Waals surface area contributed by atoms with Crippen molar-refractivity contribution in [3.63, 3.8) is 0 Å². The molecule has 0 fully saturated rings. The summed E-state index contributed by atoms with van der Waals surface area (Å²) in [6, 6.07) is 8.22. The number of thiazole rings is 1. The maximum absolute atomic E-state index is 4.22. The molecule has 0 saturated heterocycles. The molecule has 1 aromatic heterocycles. The van der Waals surface area contributed by atoms with Crippen LogP contribution in [0.1, 0.15) is 11.3 Å². The Kier molecular flexibility index (Phi) is 3.83. The summed E-state index contributed by atoms with van der Waals surface area (Å²) in [7, 11) is 0. The first-order valence-corrected chi connectivity index (χ1v) is 4.98. The molecule has 1 nitrogen and oxygen atoms in total. The summed E-state index contributed by atoms with van der Waals surface area (Å²) >= 11 is 1.68. The van der Waals surface area contributed by atoms with E-state index in [2.05, 4.69) is 24.0 Å². The number of aryl methyl sites for hydroxylation is 1. The molecule has 0 saturated carbocycles. The second-order valence-electron chi connectivity index (χ2n) is 2.96. The number of aromatic nitrogens is 1. The summed E-state index contributed by atoms with van der Waals surface area (Å²) in [6.07, 6.45) is 0. The van der Waals surface area contributed by atoms with Crippen LogP contribution in [-0.2, 0) is 0 Å². The smallest absolute Gasteiger partial charge is 0.249 e. The van der Waals surface area contributed by atoms with Gasteiger partial charge in [-0.1, -0.05) is 0 Å². The summed E-state index contributed by atoms with van der Waals surface area (Å²) < 4.78 is 0. The van der Waals surface area contributed by atoms with Crippen molar-refractivity contribution in [1.82, 2.24) is 4.98 Å². The van der Waals surface area contributed by atoms with Crippen LogP contribution in [0.15, 0.2) is 29.8 Å². The number of nitrogens with zero attached hydrogens (tertiary/aromatic N) is 1. The van der Waals surface area contributed by atoms with Crippen molar-refractivity contribution in [3.8, 4) is 10.4 Å². The average Bonchev–Trinajstić information content (AvgIpc) is 2.53. The second kappa shape index (κ2) is 4.70. The molecule has 1 aromatic carbocycles. The number of hydrogen-bond acceptors (Lipinski definition) is 2. The summed E-state index contributed by atoms with van der Waals surface area (Å²) in [5, 5.41) is 0. The third kappa shape index (κ3) is 2.22. The molecule has 14 heavy (non-hydrogen) atoms. The molecule has 0 atom stereocenters. The zero-order chi connectivity index (χ0) is 9.26. The Hall–Kier alpha value is -0.683. The average molecular weight is 195 g/mol. The molecule has 0 aliphatic carbocycles. The second-order valence-corrected chi connectivity index (χ2v) is 3.82. The van der Waals surface area contributed by atoms with Gasteiger partial charge in [0.25, 0.3) is 0 Å². The molecular weight excluding hydrogens is 185 g/mol. The Morgan fingerprint density at radius 1 is 1.21 bits per heavy atom. The predicted octanol–water partition coefficient (Wildman–Crippen LogP) is 0.305. The Labute approximate surface area is 100 Å². The standard InChI is InChI=1S/C11H10NS.Li/c1-8-3-5-10(6-4-8)11-9(2)12-7-13-11;/h3-7H,1H2,2H3;/q-1;+1. The predicted molar refractivity (Wildman–Crippen MR) is 56.7 cm³/mol. The maximum Gasteiger partial charge on any atom is 1.00 e. The van der Waals surface area contributed by atoms with Gasteiger partial charge in [-0.15, -0.1) is 23.5 Å². The molecule has 0 amide bonds. The molecule has 1 heterocycles. The molecule has 0 bridgehead atoms. The fourth-order valence-electron chi connectivity index (χ4n) is 1.24. The first-order valence-electron chi connectivity index (χ1n) is 4.10. The molecule has 2 rings (SSSR count). The van der Waals surface area contributed by atoms with E-state index >= 15 is 0 Å². The van der Waals surface area contributed by atoms with E-state index in [1.54, 1.807) is 11.3 Å². The van der Waals surface area contributed by atoms with Gasteiger partial charge in [-0.3, -0.25) is 0 Å². The van der Waals surface area contributed by atoms with Crippen LogP contribution in [0.5, 0.6) is 0 Å². The van der Waals surface area contributed by atoms with Gasteiger partial charge in [-0.2, -0.15) is 24.6 Å². The van der Waals surface area contributed by atoms with Gasteiger partial charge in [-0.05, 0) is 12.5 Å². The zero-order valence-corrected chi connectivity index (χ0v) is 9.27. The topological polar surface area (TPSA) is 12.9 Å². The van der Waals surface area contributed by atoms with E-state index in [1.807, 2.05) is 24.6 Å². The van der Waals surface area contributed by atoms with Crippen molar-refractivity contribution < 1.29 is 18.9 Å². The van der Waals surface area contributed by atoms with Gasteiger partial charge in [0.15, 0.2) is 0 Å². The Bertz CT molecular complexity index is 405. The fourth-order valence-corrected chi connectivity index (χ4v) is 2.05. The first-order chi connectivity index (χ1) is 6.27. The minimum Gasteiger partial charge on any atom is -0.249 e. The molecule has 0 aliphatic rings. The quantitative estimate of drug-likeness (QED) is 0.471. The van der Waals surface area contributed by atoms with E-state index in [9.17, 15) is 0 Å². The van der Waals surface area contributed by atoms with E-state index in [0.29, 0.717) is 0 Å². The van der Waals surface area contributed by atoms with E-state index in [0.717, 1.165) is 11.3 Å². The minimum atomic E-state index is 0. The van der Waals surface area contributed by atoms with Crippen LogP contribution < -0.4 is 18.9 Å². The molecule has 3 heteroatoms. The fraction of sp³-hybridized carbons (Fsp3) is 0.0909. The maximum atomic E-state index is 4.22. The molecular formula is C11H10LiNS. The first kappa shape index (κ1) is 11.4. The van der Waals surface area contributed by atoms with Crippen LogP contribution in [0.4, 0.5) is 0 Å². The Morgan fingerprint density at radius 3 is 2.36 bits per heavy atom. The summed E-state index contributed by atoms with van der Waals surface area (Å²) in [4.78, 5) is 5.47. The van der Waals surface area contributed by atoms with Gasteiger partial charge in [0.2, 0.25) is 0 Å². The molecule has 0 aliphatic heterocycles. The largest absolute Gasteiger partial charge is 1.00 e. The van der Waals surface area contributed by atoms with Gasteiger partial charge in [0.05, 0.1) is 16.1 Å². The van der Waals surface area contributed by atoms with Crippen molar-refractivity contribution in [1.29, 1.82) is 0 Å². The minimum absolute atomic E-state index is 0. The molecule has 0 spiro atoms. The van der Waals surface area contributed by atoms with Gasteiger partial charge in [0.1, 0.15) is 0 Å². The van der Waals surface area contributed by atoms with E-state index < -0.39 is 0 Å². The third-order valence-electron chi connectivity index (χ3n) is 1.96. The van der Waals surface area contributed by atoms with Crippen LogP contribution in [0, 0.1) is 13.8 Å². The van der Waals surface area contributed by atoms with E-state index in [1.165, 1.54) is 10.4 Å². The van der Waals surface area contributed by atoms with Crippen LogP contribution in [0.3, 0.4) is 0 Å². The van der Waals surface area contributed by atoms with Gasteiger partial charge in [-0.25, -0.2) is 4.98 Å². The Morgan fingerprint density at radius 2 is 1.86 bits per heavy atom. The van der Waals surface area contributed by atoms with Crippen molar-refractivity contribution in [2.24, 2.45) is 0 Å². The van der Waals surface area contributed by atoms with Crippen LogP contribution in [0.25, 0.3) is 10.4 Å². The van der Waals surface area contributed by atoms with Crippen molar-refractivity contribution in [2.45, 2.75) is 6.92 Å². The van der Waals surface area contributed by atoms with Gasteiger partial charge in [0, 0.05) is 0 Å². The van der Waals surface area contributed by atoms with E-state index in [-0.39, 0.29) is 18.9 Å². The van der Waals surface area contributed by atoms with Crippen LogP contribution in [0.2, 0.25) is 0 Å². The van der Waals surface area contributed by atoms with Crippen molar-refractivity contribution in [3.05, 3.63) is 48.0 Å². The summed E-state index contributed by atoms with van der Waals surface area (Å²) in [5.74, 6) is 0. The number of hydrogen-bond donors (Lipinski definition) is 0. The molecule has 2 aromatic rings. The van der Waals surface area contributed by atoms with Crippen molar-refractivity contribution in [2.75, 3.05) is 0 Å². The molecule has 0 radical (unpaired) electrons. The number of benzene rings is 1. The monoisotopic (exact) mass is 195 g/mol. The zero-order valence-electron chi connectivity index (χ0n) is 8.45. The number of rotatable bonds is 1. The van der Waals surface area contributed by atoms with Crippen molar-refractivity contribution >= 4 is 11.3 Å². The van der Waals surface area contributed by atoms with Gasteiger partial charge < -0.3 is 0 Å². The van der Waals surface area contributed by atoms with Gasteiger partial charge >= 0.3 is 18.9 Å². The Balaban J connectivity index is 0.000000980. The molecule has 0 unspecified atom stereocenters. The SMILES string of the molecule is [CH2-]c1ccc(-c2scnc2C)cc1.[Li+]. The molecule has 0 N–H and O–H groups in total. The summed E-state index contributed by atoms with van der Waals surface area (Å²) in [5.41, 5.74) is 5.25. The van der Waals surface area contributed by atoms with E-state index in [4.69, 9.17) is 0 Å². The normalized spacial score (nSPS) is 9.50. The van der Waals surface area contributed by atoms with Crippen LogP contribution >= 0.6 is 11.3 Å². The molecule has 66 valence electrons. The third-order valence-corrected chi connectivity index (χ3v) is 2.94.